The highest BCUT2D eigenvalue weighted by Crippen LogP contribution is 2.16. The highest BCUT2D eigenvalue weighted by Gasteiger charge is 2.14. The molecule has 0 aliphatic carbocycles. The van der Waals surface area contributed by atoms with Crippen LogP contribution in [0.3, 0.4) is 0 Å². The molecule has 1 N–H and O–H groups in total. The molecule has 2 amide bonds. The van der Waals surface area contributed by atoms with Crippen molar-refractivity contribution in [2.75, 3.05) is 18.4 Å². The van der Waals surface area contributed by atoms with Crippen LogP contribution in [0.15, 0.2) is 42.5 Å². The Bertz CT molecular complexity index is 749. The van der Waals surface area contributed by atoms with E-state index < -0.39 is 0 Å². The van der Waals surface area contributed by atoms with Crippen molar-refractivity contribution in [3.8, 4) is 0 Å². The molecule has 0 bridgehead atoms. The van der Waals surface area contributed by atoms with E-state index in [1.165, 1.54) is 5.56 Å². The van der Waals surface area contributed by atoms with Gasteiger partial charge in [-0.2, -0.15) is 0 Å². The molecular formula is C20H24N2O2. The summed E-state index contributed by atoms with van der Waals surface area (Å²) in [6, 6.07) is 12.7. The van der Waals surface area contributed by atoms with Gasteiger partial charge in [-0.1, -0.05) is 12.1 Å². The molecule has 0 aromatic heterocycles. The lowest BCUT2D eigenvalue weighted by Gasteiger charge is -2.18. The van der Waals surface area contributed by atoms with Crippen molar-refractivity contribution in [1.29, 1.82) is 0 Å². The largest absolute Gasteiger partial charge is 0.339 e. The van der Waals surface area contributed by atoms with Gasteiger partial charge in [-0.05, 0) is 69.2 Å². The summed E-state index contributed by atoms with van der Waals surface area (Å²) in [4.78, 5) is 26.6. The zero-order valence-corrected chi connectivity index (χ0v) is 14.7. The van der Waals surface area contributed by atoms with E-state index in [4.69, 9.17) is 0 Å². The van der Waals surface area contributed by atoms with Crippen LogP contribution in [0.1, 0.15) is 45.7 Å². The molecule has 0 fully saturated rings. The molecule has 4 heteroatoms. The molecule has 0 saturated carbocycles. The SMILES string of the molecule is CCN(CC)C(=O)c1cccc(C(=O)Nc2ccc(C)c(C)c2)c1. The number of carbonyl (C=O) groups is 2. The summed E-state index contributed by atoms with van der Waals surface area (Å²) in [6.45, 7) is 9.22. The standard InChI is InChI=1S/C20H24N2O2/c1-5-22(6-2)20(24)17-9-7-8-16(13-17)19(23)21-18-11-10-14(3)15(4)12-18/h7-13H,5-6H2,1-4H3,(H,21,23). The van der Waals surface area contributed by atoms with Crippen LogP contribution in [0.5, 0.6) is 0 Å². The van der Waals surface area contributed by atoms with Crippen molar-refractivity contribution < 1.29 is 9.59 Å². The zero-order valence-electron chi connectivity index (χ0n) is 14.7. The average Bonchev–Trinajstić information content (AvgIpc) is 2.59. The molecule has 2 aromatic carbocycles. The normalized spacial score (nSPS) is 10.3. The van der Waals surface area contributed by atoms with E-state index >= 15 is 0 Å². The van der Waals surface area contributed by atoms with E-state index in [0.717, 1.165) is 11.3 Å². The Balaban J connectivity index is 2.19. The van der Waals surface area contributed by atoms with Crippen LogP contribution in [0, 0.1) is 13.8 Å². The second-order valence-electron chi connectivity index (χ2n) is 5.81. The lowest BCUT2D eigenvalue weighted by atomic mass is 10.1. The Hall–Kier alpha value is -2.62. The average molecular weight is 324 g/mol. The molecule has 0 saturated heterocycles. The lowest BCUT2D eigenvalue weighted by molar-refractivity contribution is 0.0773. The van der Waals surface area contributed by atoms with Gasteiger partial charge in [0.25, 0.3) is 11.8 Å². The molecule has 2 rings (SSSR count). The summed E-state index contributed by atoms with van der Waals surface area (Å²) in [6.07, 6.45) is 0. The number of benzene rings is 2. The van der Waals surface area contributed by atoms with E-state index in [1.807, 2.05) is 45.9 Å². The third kappa shape index (κ3) is 4.02. The third-order valence-corrected chi connectivity index (χ3v) is 4.19. The number of anilines is 1. The summed E-state index contributed by atoms with van der Waals surface area (Å²) in [5, 5.41) is 2.89. The Morgan fingerprint density at radius 2 is 1.58 bits per heavy atom. The lowest BCUT2D eigenvalue weighted by Crippen LogP contribution is -2.30. The van der Waals surface area contributed by atoms with Crippen molar-refractivity contribution in [2.45, 2.75) is 27.7 Å². The van der Waals surface area contributed by atoms with E-state index in [2.05, 4.69) is 5.32 Å². The zero-order chi connectivity index (χ0) is 17.7. The molecule has 2 aromatic rings. The topological polar surface area (TPSA) is 49.4 Å². The molecule has 0 aliphatic rings. The fourth-order valence-corrected chi connectivity index (χ4v) is 2.51. The number of nitrogens with zero attached hydrogens (tertiary/aromatic N) is 1. The number of hydrogen-bond donors (Lipinski definition) is 1. The van der Waals surface area contributed by atoms with Crippen molar-refractivity contribution in [3.05, 3.63) is 64.7 Å². The molecule has 126 valence electrons. The minimum absolute atomic E-state index is 0.0548. The predicted octanol–water partition coefficient (Wildman–Crippen LogP) is 4.04. The highest BCUT2D eigenvalue weighted by atomic mass is 16.2. The molecule has 0 spiro atoms. The number of amides is 2. The maximum atomic E-state index is 12.5. The number of aryl methyl sites for hydroxylation is 2. The van der Waals surface area contributed by atoms with Crippen LogP contribution in [0.25, 0.3) is 0 Å². The van der Waals surface area contributed by atoms with Gasteiger partial charge in [0.05, 0.1) is 0 Å². The first-order valence-electron chi connectivity index (χ1n) is 8.24. The fourth-order valence-electron chi connectivity index (χ4n) is 2.51. The molecule has 0 aliphatic heterocycles. The Labute approximate surface area is 143 Å². The van der Waals surface area contributed by atoms with Gasteiger partial charge in [0.15, 0.2) is 0 Å². The Morgan fingerprint density at radius 1 is 0.917 bits per heavy atom. The van der Waals surface area contributed by atoms with E-state index in [9.17, 15) is 9.59 Å². The second-order valence-corrected chi connectivity index (χ2v) is 5.81. The highest BCUT2D eigenvalue weighted by molar-refractivity contribution is 6.06. The third-order valence-electron chi connectivity index (χ3n) is 4.19. The van der Waals surface area contributed by atoms with Gasteiger partial charge in [-0.15, -0.1) is 0 Å². The first kappa shape index (κ1) is 17.7. The van der Waals surface area contributed by atoms with Gasteiger partial charge in [0.1, 0.15) is 0 Å². The fraction of sp³-hybridized carbons (Fsp3) is 0.300. The molecule has 0 heterocycles. The molecule has 0 radical (unpaired) electrons. The maximum Gasteiger partial charge on any atom is 0.255 e. The van der Waals surface area contributed by atoms with E-state index in [0.29, 0.717) is 24.2 Å². The second kappa shape index (κ2) is 7.77. The molecule has 0 unspecified atom stereocenters. The van der Waals surface area contributed by atoms with Gasteiger partial charge in [-0.25, -0.2) is 0 Å². The van der Waals surface area contributed by atoms with Crippen LogP contribution >= 0.6 is 0 Å². The Kier molecular flexibility index (Phi) is 5.74. The number of nitrogens with one attached hydrogen (secondary N) is 1. The van der Waals surface area contributed by atoms with Crippen LogP contribution in [-0.2, 0) is 0 Å². The number of rotatable bonds is 5. The smallest absolute Gasteiger partial charge is 0.255 e. The minimum atomic E-state index is -0.215. The van der Waals surface area contributed by atoms with Crippen LogP contribution < -0.4 is 5.32 Å². The quantitative estimate of drug-likeness (QED) is 0.902. The maximum absolute atomic E-state index is 12.5. The Morgan fingerprint density at radius 3 is 2.21 bits per heavy atom. The predicted molar refractivity (Wildman–Crippen MR) is 97.6 cm³/mol. The van der Waals surface area contributed by atoms with Crippen molar-refractivity contribution >= 4 is 17.5 Å². The molecule has 0 atom stereocenters. The van der Waals surface area contributed by atoms with Gasteiger partial charge in [0, 0.05) is 29.9 Å². The van der Waals surface area contributed by atoms with Gasteiger partial charge in [0.2, 0.25) is 0 Å². The van der Waals surface area contributed by atoms with Crippen LogP contribution in [0.4, 0.5) is 5.69 Å². The van der Waals surface area contributed by atoms with E-state index in [1.54, 1.807) is 29.2 Å². The van der Waals surface area contributed by atoms with Crippen LogP contribution in [0.2, 0.25) is 0 Å². The van der Waals surface area contributed by atoms with Gasteiger partial charge < -0.3 is 10.2 Å². The number of carbonyl (C=O) groups excluding carboxylic acids is 2. The summed E-state index contributed by atoms with van der Waals surface area (Å²) in [5.74, 6) is -0.270. The van der Waals surface area contributed by atoms with Crippen molar-refractivity contribution in [1.82, 2.24) is 4.90 Å². The van der Waals surface area contributed by atoms with Crippen molar-refractivity contribution in [2.24, 2.45) is 0 Å². The summed E-state index contributed by atoms with van der Waals surface area (Å²) in [5.41, 5.74) is 4.07. The van der Waals surface area contributed by atoms with Gasteiger partial charge >= 0.3 is 0 Å². The van der Waals surface area contributed by atoms with Gasteiger partial charge in [-0.3, -0.25) is 9.59 Å². The molecule has 4 nitrogen and oxygen atoms in total. The summed E-state index contributed by atoms with van der Waals surface area (Å²) < 4.78 is 0. The molecule has 24 heavy (non-hydrogen) atoms. The molecular weight excluding hydrogens is 300 g/mol. The van der Waals surface area contributed by atoms with Crippen LogP contribution in [-0.4, -0.2) is 29.8 Å². The first-order chi connectivity index (χ1) is 11.5. The number of hydrogen-bond acceptors (Lipinski definition) is 2. The van der Waals surface area contributed by atoms with E-state index in [-0.39, 0.29) is 11.8 Å². The monoisotopic (exact) mass is 324 g/mol. The minimum Gasteiger partial charge on any atom is -0.339 e. The summed E-state index contributed by atoms with van der Waals surface area (Å²) >= 11 is 0. The first-order valence-corrected chi connectivity index (χ1v) is 8.24. The van der Waals surface area contributed by atoms with Crippen molar-refractivity contribution in [3.63, 3.8) is 0 Å². The summed E-state index contributed by atoms with van der Waals surface area (Å²) in [7, 11) is 0.